The predicted molar refractivity (Wildman–Crippen MR) is 158 cm³/mol. The molecule has 0 aliphatic heterocycles. The largest absolute Gasteiger partial charge is 0.445 e. The van der Waals surface area contributed by atoms with E-state index in [1.54, 1.807) is 0 Å². The van der Waals surface area contributed by atoms with Crippen molar-refractivity contribution in [1.29, 1.82) is 0 Å². The highest BCUT2D eigenvalue weighted by Gasteiger charge is 2.27. The van der Waals surface area contributed by atoms with Gasteiger partial charge >= 0.3 is 6.09 Å². The fraction of sp³-hybridized carbons (Fsp3) is 0.267. The molecule has 0 radical (unpaired) electrons. The second-order valence-electron chi connectivity index (χ2n) is 9.05. The van der Waals surface area contributed by atoms with Crippen molar-refractivity contribution in [2.45, 2.75) is 43.7 Å². The molecule has 9 nitrogen and oxygen atoms in total. The lowest BCUT2D eigenvalue weighted by atomic mass is 10.0. The van der Waals surface area contributed by atoms with Gasteiger partial charge in [-0.05, 0) is 29.5 Å². The average molecular weight is 562 g/mol. The van der Waals surface area contributed by atoms with Gasteiger partial charge in [-0.2, -0.15) is 0 Å². The number of carbonyl (C=O) groups excluding carboxylic acids is 3. The lowest BCUT2D eigenvalue weighted by Crippen LogP contribution is -2.52. The van der Waals surface area contributed by atoms with Gasteiger partial charge in [0.2, 0.25) is 11.0 Å². The zero-order chi connectivity index (χ0) is 28.6. The molecule has 0 saturated heterocycles. The molecular weight excluding hydrogens is 526 g/mol. The number of thioether (sulfide) groups is 1. The van der Waals surface area contributed by atoms with Crippen molar-refractivity contribution in [3.05, 3.63) is 108 Å². The van der Waals surface area contributed by atoms with Gasteiger partial charge in [0.15, 0.2) is 5.96 Å². The Kier molecular flexibility index (Phi) is 12.6. The number of carbonyl (C=O) groups is 3. The Labute approximate surface area is 238 Å². The number of amides is 2. The summed E-state index contributed by atoms with van der Waals surface area (Å²) in [4.78, 5) is 43.3. The van der Waals surface area contributed by atoms with Crippen LogP contribution in [0, 0.1) is 0 Å². The normalized spacial score (nSPS) is 12.0. The fourth-order valence-electron chi connectivity index (χ4n) is 3.82. The number of nitrogens with zero attached hydrogens (tertiary/aromatic N) is 1. The molecule has 6 N–H and O–H groups in total. The van der Waals surface area contributed by atoms with Crippen LogP contribution in [0.3, 0.4) is 0 Å². The van der Waals surface area contributed by atoms with E-state index in [0.29, 0.717) is 25.1 Å². The Hall–Kier alpha value is -4.31. The summed E-state index contributed by atoms with van der Waals surface area (Å²) in [5.41, 5.74) is 13.5. The maximum absolute atomic E-state index is 13.5. The topological polar surface area (TPSA) is 149 Å². The number of guanidine groups is 1. The quantitative estimate of drug-likeness (QED) is 0.134. The van der Waals surface area contributed by atoms with Crippen LogP contribution in [-0.4, -0.2) is 41.7 Å². The van der Waals surface area contributed by atoms with Crippen molar-refractivity contribution < 1.29 is 19.1 Å². The third-order valence-electron chi connectivity index (χ3n) is 5.87. The smallest absolute Gasteiger partial charge is 0.408 e. The molecule has 0 fully saturated rings. The van der Waals surface area contributed by atoms with Gasteiger partial charge in [0.1, 0.15) is 12.6 Å². The van der Waals surface area contributed by atoms with Gasteiger partial charge in [-0.1, -0.05) is 103 Å². The molecule has 3 aromatic rings. The monoisotopic (exact) mass is 561 g/mol. The van der Waals surface area contributed by atoms with E-state index in [1.807, 2.05) is 91.0 Å². The van der Waals surface area contributed by atoms with Gasteiger partial charge in [0.25, 0.3) is 0 Å². The molecule has 2 amide bonds. The van der Waals surface area contributed by atoms with Crippen LogP contribution >= 0.6 is 11.8 Å². The molecule has 40 heavy (non-hydrogen) atoms. The summed E-state index contributed by atoms with van der Waals surface area (Å²) in [7, 11) is 0. The Balaban J connectivity index is 1.69. The molecule has 3 rings (SSSR count). The minimum Gasteiger partial charge on any atom is -0.445 e. The van der Waals surface area contributed by atoms with Gasteiger partial charge in [-0.15, -0.1) is 0 Å². The molecule has 0 bridgehead atoms. The first kappa shape index (κ1) is 30.2. The number of nitrogens with one attached hydrogen (secondary N) is 2. The van der Waals surface area contributed by atoms with E-state index >= 15 is 0 Å². The van der Waals surface area contributed by atoms with E-state index in [4.69, 9.17) is 16.2 Å². The maximum atomic E-state index is 13.5. The van der Waals surface area contributed by atoms with Crippen molar-refractivity contribution in [2.24, 2.45) is 16.5 Å². The molecule has 10 heteroatoms. The van der Waals surface area contributed by atoms with Crippen LogP contribution in [0.4, 0.5) is 4.79 Å². The molecule has 0 heterocycles. The Morgan fingerprint density at radius 3 is 1.95 bits per heavy atom. The molecule has 0 aliphatic rings. The highest BCUT2D eigenvalue weighted by atomic mass is 32.2. The van der Waals surface area contributed by atoms with E-state index in [1.165, 1.54) is 0 Å². The molecule has 0 aliphatic carbocycles. The SMILES string of the molecule is NC(N)=NCCC[C@H](NC(=O)[C@H](Cc1ccccc1)NC(=O)OCc1ccccc1)C(=O)SCc1ccccc1. The molecule has 3 aromatic carbocycles. The highest BCUT2D eigenvalue weighted by molar-refractivity contribution is 8.13. The Bertz CT molecular complexity index is 1240. The van der Waals surface area contributed by atoms with Crippen LogP contribution in [0.1, 0.15) is 29.5 Å². The highest BCUT2D eigenvalue weighted by Crippen LogP contribution is 2.17. The molecule has 210 valence electrons. The number of ether oxygens (including phenoxy) is 1. The van der Waals surface area contributed by atoms with Crippen molar-refractivity contribution in [1.82, 2.24) is 10.6 Å². The second kappa shape index (κ2) is 16.6. The number of alkyl carbamates (subject to hydrolysis) is 1. The number of rotatable bonds is 14. The fourth-order valence-corrected chi connectivity index (χ4v) is 4.70. The Morgan fingerprint density at radius 1 is 0.775 bits per heavy atom. The first-order chi connectivity index (χ1) is 19.4. The zero-order valence-electron chi connectivity index (χ0n) is 22.2. The maximum Gasteiger partial charge on any atom is 0.408 e. The van der Waals surface area contributed by atoms with Crippen molar-refractivity contribution in [3.63, 3.8) is 0 Å². The Morgan fingerprint density at radius 2 is 1.35 bits per heavy atom. The van der Waals surface area contributed by atoms with Crippen LogP contribution in [0.2, 0.25) is 0 Å². The summed E-state index contributed by atoms with van der Waals surface area (Å²) in [5.74, 6) is -0.0511. The van der Waals surface area contributed by atoms with Crippen LogP contribution in [0.5, 0.6) is 0 Å². The average Bonchev–Trinajstić information content (AvgIpc) is 2.97. The van der Waals surface area contributed by atoms with Crippen molar-refractivity contribution in [2.75, 3.05) is 6.54 Å². The lowest BCUT2D eigenvalue weighted by molar-refractivity contribution is -0.126. The van der Waals surface area contributed by atoms with Crippen LogP contribution in [0.25, 0.3) is 0 Å². The van der Waals surface area contributed by atoms with Gasteiger partial charge < -0.3 is 26.8 Å². The lowest BCUT2D eigenvalue weighted by Gasteiger charge is -2.23. The van der Waals surface area contributed by atoms with E-state index in [0.717, 1.165) is 28.5 Å². The standard InChI is InChI=1S/C30H35N5O4S/c31-29(32)33-18-10-17-25(28(37)40-21-24-15-8-3-9-16-24)34-27(36)26(19-22-11-4-1-5-12-22)35-30(38)39-20-23-13-6-2-7-14-23/h1-9,11-16,25-26H,10,17-21H2,(H,34,36)(H,35,38)(H4,31,32,33)/t25-,26-/m0/s1. The summed E-state index contributed by atoms with van der Waals surface area (Å²) in [6.07, 6.45) is 0.309. The van der Waals surface area contributed by atoms with Crippen molar-refractivity contribution in [3.8, 4) is 0 Å². The zero-order valence-corrected chi connectivity index (χ0v) is 23.0. The van der Waals surface area contributed by atoms with Crippen LogP contribution < -0.4 is 22.1 Å². The van der Waals surface area contributed by atoms with Crippen LogP contribution in [0.15, 0.2) is 96.0 Å². The van der Waals surface area contributed by atoms with Gasteiger partial charge in [-0.3, -0.25) is 14.6 Å². The van der Waals surface area contributed by atoms with Gasteiger partial charge in [0, 0.05) is 18.7 Å². The molecule has 0 aromatic heterocycles. The number of nitrogens with two attached hydrogens (primary N) is 2. The second-order valence-corrected chi connectivity index (χ2v) is 10.0. The molecule has 0 spiro atoms. The first-order valence-electron chi connectivity index (χ1n) is 13.0. The van der Waals surface area contributed by atoms with E-state index in [-0.39, 0.29) is 24.1 Å². The van der Waals surface area contributed by atoms with E-state index < -0.39 is 24.1 Å². The summed E-state index contributed by atoms with van der Waals surface area (Å²) in [6.45, 7) is 0.386. The third-order valence-corrected chi connectivity index (χ3v) is 6.92. The third kappa shape index (κ3) is 11.2. The predicted octanol–water partition coefficient (Wildman–Crippen LogP) is 3.52. The van der Waals surface area contributed by atoms with E-state index in [2.05, 4.69) is 15.6 Å². The van der Waals surface area contributed by atoms with Crippen molar-refractivity contribution >= 4 is 34.8 Å². The minimum absolute atomic E-state index is 0.0356. The number of hydrogen-bond donors (Lipinski definition) is 4. The number of aliphatic imine (C=N–C) groups is 1. The first-order valence-corrected chi connectivity index (χ1v) is 14.0. The number of hydrogen-bond acceptors (Lipinski definition) is 6. The van der Waals surface area contributed by atoms with Gasteiger partial charge in [0.05, 0.1) is 6.04 Å². The summed E-state index contributed by atoms with van der Waals surface area (Å²) < 4.78 is 5.35. The number of benzene rings is 3. The van der Waals surface area contributed by atoms with E-state index in [9.17, 15) is 14.4 Å². The molecular formula is C30H35N5O4S. The molecule has 0 saturated carbocycles. The summed E-state index contributed by atoms with van der Waals surface area (Å²) in [6, 6.07) is 26.4. The molecule has 0 unspecified atom stereocenters. The minimum atomic E-state index is -0.960. The van der Waals surface area contributed by atoms with Crippen LogP contribution in [-0.2, 0) is 33.1 Å². The summed E-state index contributed by atoms with van der Waals surface area (Å²) in [5, 5.41) is 5.34. The molecule has 2 atom stereocenters. The van der Waals surface area contributed by atoms with Gasteiger partial charge in [-0.25, -0.2) is 4.79 Å². The summed E-state index contributed by atoms with van der Waals surface area (Å²) >= 11 is 1.13.